The van der Waals surface area contributed by atoms with E-state index in [9.17, 15) is 10.1 Å². The van der Waals surface area contributed by atoms with Crippen molar-refractivity contribution in [2.45, 2.75) is 50.0 Å². The van der Waals surface area contributed by atoms with E-state index >= 15 is 0 Å². The lowest BCUT2D eigenvalue weighted by molar-refractivity contribution is -0.136. The highest BCUT2D eigenvalue weighted by molar-refractivity contribution is 5.79. The zero-order valence-corrected chi connectivity index (χ0v) is 21.8. The normalized spacial score (nSPS) is 21.1. The Labute approximate surface area is 218 Å². The van der Waals surface area contributed by atoms with Gasteiger partial charge < -0.3 is 19.8 Å². The lowest BCUT2D eigenvalue weighted by Crippen LogP contribution is -2.38. The average molecular weight is 502 g/mol. The molecule has 1 aliphatic rings. The van der Waals surface area contributed by atoms with Gasteiger partial charge in [0.2, 0.25) is 17.7 Å². The SMILES string of the molecule is COCCN(C)C(=O)C1CC(c2nnc([C@](C)(N)Cc3ccccc3)o2)C[C@H](c2ccccc2C#N)C1. The molecule has 0 aliphatic heterocycles. The van der Waals surface area contributed by atoms with E-state index in [1.54, 1.807) is 19.1 Å². The molecule has 2 unspecified atom stereocenters. The van der Waals surface area contributed by atoms with Crippen molar-refractivity contribution >= 4 is 5.91 Å². The van der Waals surface area contributed by atoms with Crippen molar-refractivity contribution in [2.75, 3.05) is 27.3 Å². The van der Waals surface area contributed by atoms with Gasteiger partial charge in [0.1, 0.15) is 0 Å². The van der Waals surface area contributed by atoms with Crippen LogP contribution in [0.2, 0.25) is 0 Å². The smallest absolute Gasteiger partial charge is 0.236 e. The van der Waals surface area contributed by atoms with Crippen LogP contribution in [0.15, 0.2) is 59.0 Å². The predicted molar refractivity (Wildman–Crippen MR) is 139 cm³/mol. The van der Waals surface area contributed by atoms with Crippen LogP contribution < -0.4 is 5.73 Å². The number of likely N-dealkylation sites (N-methyl/N-ethyl adjacent to an activating group) is 1. The lowest BCUT2D eigenvalue weighted by atomic mass is 9.71. The first-order valence-corrected chi connectivity index (χ1v) is 12.7. The second-order valence-corrected chi connectivity index (χ2v) is 10.3. The van der Waals surface area contributed by atoms with Crippen LogP contribution in [0.1, 0.15) is 66.5 Å². The Hall–Kier alpha value is -3.54. The van der Waals surface area contributed by atoms with Crippen LogP contribution in [0.3, 0.4) is 0 Å². The van der Waals surface area contributed by atoms with Gasteiger partial charge in [-0.2, -0.15) is 5.26 Å². The van der Waals surface area contributed by atoms with E-state index in [0.717, 1.165) is 11.1 Å². The van der Waals surface area contributed by atoms with E-state index in [4.69, 9.17) is 14.9 Å². The number of rotatable bonds is 9. The van der Waals surface area contributed by atoms with Crippen molar-refractivity contribution in [3.05, 3.63) is 83.1 Å². The van der Waals surface area contributed by atoms with Gasteiger partial charge >= 0.3 is 0 Å². The zero-order chi connectivity index (χ0) is 26.4. The number of amides is 1. The van der Waals surface area contributed by atoms with E-state index in [0.29, 0.717) is 56.2 Å². The fourth-order valence-electron chi connectivity index (χ4n) is 5.31. The molecule has 3 aromatic rings. The van der Waals surface area contributed by atoms with Gasteiger partial charge in [0.15, 0.2) is 0 Å². The number of nitrogens with zero attached hydrogens (tertiary/aromatic N) is 4. The fourth-order valence-corrected chi connectivity index (χ4v) is 5.31. The second kappa shape index (κ2) is 11.7. The summed E-state index contributed by atoms with van der Waals surface area (Å²) in [7, 11) is 3.43. The van der Waals surface area contributed by atoms with Crippen LogP contribution >= 0.6 is 0 Å². The number of nitrogens with two attached hydrogens (primary N) is 1. The van der Waals surface area contributed by atoms with Crippen LogP contribution in [-0.2, 0) is 21.5 Å². The minimum absolute atomic E-state index is 0.0169. The Morgan fingerprint density at radius 3 is 2.57 bits per heavy atom. The van der Waals surface area contributed by atoms with Crippen LogP contribution in [-0.4, -0.2) is 48.3 Å². The topological polar surface area (TPSA) is 118 Å². The zero-order valence-electron chi connectivity index (χ0n) is 21.8. The number of carbonyl (C=O) groups is 1. The maximum atomic E-state index is 13.4. The van der Waals surface area contributed by atoms with Gasteiger partial charge in [-0.15, -0.1) is 10.2 Å². The van der Waals surface area contributed by atoms with Crippen molar-refractivity contribution in [3.8, 4) is 6.07 Å². The highest BCUT2D eigenvalue weighted by atomic mass is 16.5. The largest absolute Gasteiger partial charge is 0.423 e. The Bertz CT molecular complexity index is 1230. The highest BCUT2D eigenvalue weighted by Gasteiger charge is 2.39. The Morgan fingerprint density at radius 1 is 1.14 bits per heavy atom. The molecule has 37 heavy (non-hydrogen) atoms. The Morgan fingerprint density at radius 2 is 1.84 bits per heavy atom. The van der Waals surface area contributed by atoms with Crippen molar-refractivity contribution in [3.63, 3.8) is 0 Å². The van der Waals surface area contributed by atoms with E-state index < -0.39 is 5.54 Å². The third kappa shape index (κ3) is 6.24. The molecule has 1 saturated carbocycles. The number of hydrogen-bond donors (Lipinski definition) is 1. The summed E-state index contributed by atoms with van der Waals surface area (Å²) in [5.74, 6) is 0.601. The molecule has 2 N–H and O–H groups in total. The van der Waals surface area contributed by atoms with Gasteiger partial charge in [-0.3, -0.25) is 4.79 Å². The van der Waals surface area contributed by atoms with Gasteiger partial charge in [-0.1, -0.05) is 48.5 Å². The number of aromatic nitrogens is 2. The first-order chi connectivity index (χ1) is 17.8. The van der Waals surface area contributed by atoms with E-state index in [1.165, 1.54) is 0 Å². The molecule has 8 heteroatoms. The molecule has 4 rings (SSSR count). The average Bonchev–Trinajstić information content (AvgIpc) is 3.43. The molecule has 1 aromatic heterocycles. The van der Waals surface area contributed by atoms with Crippen molar-refractivity contribution in [1.82, 2.24) is 15.1 Å². The summed E-state index contributed by atoms with van der Waals surface area (Å²) < 4.78 is 11.4. The van der Waals surface area contributed by atoms with Crippen molar-refractivity contribution in [2.24, 2.45) is 11.7 Å². The molecule has 0 saturated heterocycles. The molecule has 1 heterocycles. The summed E-state index contributed by atoms with van der Waals surface area (Å²) in [5, 5.41) is 18.4. The summed E-state index contributed by atoms with van der Waals surface area (Å²) in [4.78, 5) is 15.1. The summed E-state index contributed by atoms with van der Waals surface area (Å²) >= 11 is 0. The van der Waals surface area contributed by atoms with E-state index in [2.05, 4.69) is 16.3 Å². The number of carbonyl (C=O) groups excluding carboxylic acids is 1. The van der Waals surface area contributed by atoms with Crippen molar-refractivity contribution in [1.29, 1.82) is 5.26 Å². The Kier molecular flexibility index (Phi) is 8.37. The van der Waals surface area contributed by atoms with Crippen molar-refractivity contribution < 1.29 is 13.9 Å². The van der Waals surface area contributed by atoms with Gasteiger partial charge in [-0.05, 0) is 55.7 Å². The van der Waals surface area contributed by atoms with Gasteiger partial charge in [0.25, 0.3) is 0 Å². The molecule has 0 spiro atoms. The van der Waals surface area contributed by atoms with E-state index in [1.807, 2.05) is 61.5 Å². The monoisotopic (exact) mass is 501 g/mol. The molecule has 1 aliphatic carbocycles. The van der Waals surface area contributed by atoms with Crippen LogP contribution in [0.25, 0.3) is 0 Å². The quantitative estimate of drug-likeness (QED) is 0.468. The Balaban J connectivity index is 1.60. The molecular weight excluding hydrogens is 466 g/mol. The molecular formula is C29H35N5O3. The molecule has 0 radical (unpaired) electrons. The molecule has 8 nitrogen and oxygen atoms in total. The molecule has 2 aromatic carbocycles. The molecule has 1 amide bonds. The summed E-state index contributed by atoms with van der Waals surface area (Å²) in [6.07, 6.45) is 2.54. The summed E-state index contributed by atoms with van der Waals surface area (Å²) in [6, 6.07) is 19.9. The van der Waals surface area contributed by atoms with Crippen LogP contribution in [0, 0.1) is 17.2 Å². The summed E-state index contributed by atoms with van der Waals surface area (Å²) in [6.45, 7) is 2.88. The number of benzene rings is 2. The van der Waals surface area contributed by atoms with E-state index in [-0.39, 0.29) is 23.7 Å². The van der Waals surface area contributed by atoms with Crippen LogP contribution in [0.4, 0.5) is 0 Å². The molecule has 1 fully saturated rings. The third-order valence-electron chi connectivity index (χ3n) is 7.28. The van der Waals surface area contributed by atoms with Gasteiger partial charge in [0, 0.05) is 32.5 Å². The predicted octanol–water partition coefficient (Wildman–Crippen LogP) is 4.13. The highest BCUT2D eigenvalue weighted by Crippen LogP contribution is 2.45. The first kappa shape index (κ1) is 26.5. The molecule has 4 atom stereocenters. The number of methoxy groups -OCH3 is 1. The second-order valence-electron chi connectivity index (χ2n) is 10.3. The lowest BCUT2D eigenvalue weighted by Gasteiger charge is -2.35. The maximum absolute atomic E-state index is 13.4. The first-order valence-electron chi connectivity index (χ1n) is 12.7. The van der Waals surface area contributed by atoms with Gasteiger partial charge in [0.05, 0.1) is 23.8 Å². The molecule has 194 valence electrons. The minimum Gasteiger partial charge on any atom is -0.423 e. The summed E-state index contributed by atoms with van der Waals surface area (Å²) in [5.41, 5.74) is 8.48. The van der Waals surface area contributed by atoms with Crippen LogP contribution in [0.5, 0.6) is 0 Å². The van der Waals surface area contributed by atoms with Gasteiger partial charge in [-0.25, -0.2) is 0 Å². The number of nitriles is 1. The number of ether oxygens (including phenoxy) is 1. The fraction of sp³-hybridized carbons (Fsp3) is 0.448. The number of hydrogen-bond acceptors (Lipinski definition) is 7. The third-order valence-corrected chi connectivity index (χ3v) is 7.28. The maximum Gasteiger partial charge on any atom is 0.236 e. The molecule has 0 bridgehead atoms. The standard InChI is InChI=1S/C29H35N5O3/c1-29(31,18-20-9-5-4-6-10-20)28-33-32-26(37-28)23-15-22(25-12-8-7-11-21(25)19-30)16-24(17-23)27(35)34(2)13-14-36-3/h4-12,22-24H,13-18,31H2,1-3H3/t22-,23?,24?,29+/m0/s1. The minimum atomic E-state index is -0.830.